The van der Waals surface area contributed by atoms with Gasteiger partial charge in [0.25, 0.3) is 0 Å². The molecule has 0 aromatic heterocycles. The van der Waals surface area contributed by atoms with Gasteiger partial charge in [0.05, 0.1) is 6.61 Å². The van der Waals surface area contributed by atoms with Gasteiger partial charge in [-0.25, -0.2) is 9.59 Å². The van der Waals surface area contributed by atoms with E-state index in [1.54, 1.807) is 7.11 Å². The number of nitrogens with one attached hydrogen (secondary N) is 1. The monoisotopic (exact) mass is 232 g/mol. The van der Waals surface area contributed by atoms with Crippen LogP contribution >= 0.6 is 0 Å². The van der Waals surface area contributed by atoms with Gasteiger partial charge in [-0.3, -0.25) is 4.90 Å². The van der Waals surface area contributed by atoms with Gasteiger partial charge in [0, 0.05) is 26.2 Å². The fourth-order valence-corrected chi connectivity index (χ4v) is 1.79. The van der Waals surface area contributed by atoms with E-state index in [4.69, 9.17) is 14.9 Å². The van der Waals surface area contributed by atoms with Crippen LogP contribution < -0.4 is 5.32 Å². The number of carboxylic acids is 1. The largest absolute Gasteiger partial charge is 0.480 e. The highest BCUT2D eigenvalue weighted by molar-refractivity contribution is 5.80. The molecule has 0 radical (unpaired) electrons. The number of rotatable bonds is 5. The molecule has 1 amide bonds. The first-order valence-electron chi connectivity index (χ1n) is 5.01. The molecule has 0 spiro atoms. The Balaban J connectivity index is 2.48. The van der Waals surface area contributed by atoms with Gasteiger partial charge in [-0.1, -0.05) is 0 Å². The number of carbonyl (C=O) groups is 2. The average molecular weight is 232 g/mol. The summed E-state index contributed by atoms with van der Waals surface area (Å²) in [4.78, 5) is 22.6. The second kappa shape index (κ2) is 5.66. The van der Waals surface area contributed by atoms with Crippen molar-refractivity contribution in [2.75, 3.05) is 26.8 Å². The Morgan fingerprint density at radius 1 is 1.50 bits per heavy atom. The van der Waals surface area contributed by atoms with Crippen molar-refractivity contribution in [1.29, 1.82) is 0 Å². The molecule has 1 rings (SSSR count). The fourth-order valence-electron chi connectivity index (χ4n) is 1.79. The van der Waals surface area contributed by atoms with Crippen LogP contribution in [0.2, 0.25) is 0 Å². The quantitative estimate of drug-likeness (QED) is 0.549. The first kappa shape index (κ1) is 12.7. The molecule has 1 saturated heterocycles. The molecule has 0 unspecified atom stereocenters. The molecule has 0 aromatic rings. The highest BCUT2D eigenvalue weighted by Gasteiger charge is 2.39. The molecule has 0 bridgehead atoms. The van der Waals surface area contributed by atoms with E-state index in [0.29, 0.717) is 19.6 Å². The lowest BCUT2D eigenvalue weighted by molar-refractivity contribution is -0.141. The summed E-state index contributed by atoms with van der Waals surface area (Å²) in [6, 6.07) is -1.06. The summed E-state index contributed by atoms with van der Waals surface area (Å²) in [6.07, 6.45) is -0.894. The Hall–Kier alpha value is -1.34. The molecule has 2 atom stereocenters. The second-order valence-corrected chi connectivity index (χ2v) is 3.67. The Morgan fingerprint density at radius 3 is 2.62 bits per heavy atom. The number of nitrogens with zero attached hydrogens (tertiary/aromatic N) is 1. The summed E-state index contributed by atoms with van der Waals surface area (Å²) in [5, 5.41) is 20.8. The van der Waals surface area contributed by atoms with Gasteiger partial charge in [0.1, 0.15) is 6.04 Å². The van der Waals surface area contributed by atoms with Crippen LogP contribution in [0, 0.1) is 0 Å². The maximum atomic E-state index is 10.8. The standard InChI is InChI=1S/C9H16N2O5/c1-16-3-2-10-6-4-7(8(12)13)11(5-6)9(14)15/h6-7,10H,2-5H2,1H3,(H,12,13)(H,14,15)/t6-,7-/m1/s1. The molecule has 0 aliphatic carbocycles. The number of ether oxygens (including phenoxy) is 1. The van der Waals surface area contributed by atoms with Crippen LogP contribution in [0.5, 0.6) is 0 Å². The maximum absolute atomic E-state index is 10.8. The van der Waals surface area contributed by atoms with Crippen molar-refractivity contribution in [3.63, 3.8) is 0 Å². The zero-order chi connectivity index (χ0) is 12.1. The topological polar surface area (TPSA) is 99.1 Å². The number of carboxylic acid groups (broad SMARTS) is 2. The molecule has 0 aromatic carbocycles. The lowest BCUT2D eigenvalue weighted by atomic mass is 10.2. The summed E-state index contributed by atoms with van der Waals surface area (Å²) in [5.74, 6) is -1.10. The van der Waals surface area contributed by atoms with Gasteiger partial charge < -0.3 is 20.3 Å². The predicted molar refractivity (Wildman–Crippen MR) is 54.4 cm³/mol. The van der Waals surface area contributed by atoms with Crippen LogP contribution in [0.4, 0.5) is 4.79 Å². The molecule has 1 aliphatic rings. The molecule has 0 saturated carbocycles. The number of amides is 1. The highest BCUT2D eigenvalue weighted by atomic mass is 16.5. The summed E-state index contributed by atoms with van der Waals surface area (Å²) in [5.41, 5.74) is 0. The summed E-state index contributed by atoms with van der Waals surface area (Å²) in [6.45, 7) is 1.30. The minimum atomic E-state index is -1.19. The van der Waals surface area contributed by atoms with E-state index in [1.807, 2.05) is 0 Å². The van der Waals surface area contributed by atoms with Crippen LogP contribution in [-0.2, 0) is 9.53 Å². The van der Waals surface area contributed by atoms with Crippen molar-refractivity contribution in [3.8, 4) is 0 Å². The molecule has 7 nitrogen and oxygen atoms in total. The predicted octanol–water partition coefficient (Wildman–Crippen LogP) is -0.572. The Labute approximate surface area is 93.0 Å². The van der Waals surface area contributed by atoms with Crippen LogP contribution in [0.15, 0.2) is 0 Å². The Bertz CT molecular complexity index is 249. The van der Waals surface area contributed by atoms with E-state index in [-0.39, 0.29) is 12.6 Å². The third-order valence-electron chi connectivity index (χ3n) is 2.57. The summed E-state index contributed by atoms with van der Waals surface area (Å²) >= 11 is 0. The lowest BCUT2D eigenvalue weighted by Gasteiger charge is -2.16. The van der Waals surface area contributed by atoms with Crippen molar-refractivity contribution in [2.45, 2.75) is 18.5 Å². The van der Waals surface area contributed by atoms with E-state index >= 15 is 0 Å². The molecular weight excluding hydrogens is 216 g/mol. The first-order chi connectivity index (χ1) is 7.56. The molecule has 1 aliphatic heterocycles. The lowest BCUT2D eigenvalue weighted by Crippen LogP contribution is -2.40. The van der Waals surface area contributed by atoms with Crippen LogP contribution in [0.25, 0.3) is 0 Å². The number of methoxy groups -OCH3 is 1. The van der Waals surface area contributed by atoms with E-state index in [1.165, 1.54) is 0 Å². The molecule has 1 heterocycles. The maximum Gasteiger partial charge on any atom is 0.408 e. The fraction of sp³-hybridized carbons (Fsp3) is 0.778. The van der Waals surface area contributed by atoms with Crippen molar-refractivity contribution in [3.05, 3.63) is 0 Å². The van der Waals surface area contributed by atoms with Gasteiger partial charge in [-0.05, 0) is 6.42 Å². The first-order valence-corrected chi connectivity index (χ1v) is 5.01. The molecule has 3 N–H and O–H groups in total. The number of hydrogen-bond donors (Lipinski definition) is 3. The minimum absolute atomic E-state index is 0.118. The van der Waals surface area contributed by atoms with Gasteiger partial charge in [0.2, 0.25) is 0 Å². The normalized spacial score (nSPS) is 24.7. The highest BCUT2D eigenvalue weighted by Crippen LogP contribution is 2.18. The third-order valence-corrected chi connectivity index (χ3v) is 2.57. The van der Waals surface area contributed by atoms with Crippen molar-refractivity contribution in [1.82, 2.24) is 10.2 Å². The van der Waals surface area contributed by atoms with E-state index in [0.717, 1.165) is 4.90 Å². The van der Waals surface area contributed by atoms with Gasteiger partial charge in [0.15, 0.2) is 0 Å². The van der Waals surface area contributed by atoms with Crippen molar-refractivity contribution in [2.24, 2.45) is 0 Å². The number of hydrogen-bond acceptors (Lipinski definition) is 4. The molecular formula is C9H16N2O5. The molecule has 92 valence electrons. The average Bonchev–Trinajstić information content (AvgIpc) is 2.62. The SMILES string of the molecule is COCCN[C@@H]1C[C@H](C(=O)O)N(C(=O)O)C1. The van der Waals surface area contributed by atoms with E-state index < -0.39 is 18.1 Å². The molecule has 7 heteroatoms. The Morgan fingerprint density at radius 2 is 2.19 bits per heavy atom. The molecule has 16 heavy (non-hydrogen) atoms. The number of aliphatic carboxylic acids is 1. The minimum Gasteiger partial charge on any atom is -0.480 e. The van der Waals surface area contributed by atoms with Gasteiger partial charge in [-0.2, -0.15) is 0 Å². The van der Waals surface area contributed by atoms with Crippen LogP contribution in [-0.4, -0.2) is 66.1 Å². The smallest absolute Gasteiger partial charge is 0.408 e. The van der Waals surface area contributed by atoms with Crippen molar-refractivity contribution < 1.29 is 24.5 Å². The van der Waals surface area contributed by atoms with Crippen LogP contribution in [0.3, 0.4) is 0 Å². The van der Waals surface area contributed by atoms with Crippen molar-refractivity contribution >= 4 is 12.1 Å². The van der Waals surface area contributed by atoms with Crippen LogP contribution in [0.1, 0.15) is 6.42 Å². The zero-order valence-electron chi connectivity index (χ0n) is 9.05. The summed E-state index contributed by atoms with van der Waals surface area (Å²) < 4.78 is 4.84. The Kier molecular flexibility index (Phi) is 4.51. The van der Waals surface area contributed by atoms with Gasteiger partial charge in [-0.15, -0.1) is 0 Å². The van der Waals surface area contributed by atoms with Gasteiger partial charge >= 0.3 is 12.1 Å². The van der Waals surface area contributed by atoms with E-state index in [2.05, 4.69) is 5.32 Å². The van der Waals surface area contributed by atoms with E-state index in [9.17, 15) is 9.59 Å². The summed E-state index contributed by atoms with van der Waals surface area (Å²) in [7, 11) is 1.57. The second-order valence-electron chi connectivity index (χ2n) is 3.67. The number of likely N-dealkylation sites (tertiary alicyclic amines) is 1. The molecule has 1 fully saturated rings. The third kappa shape index (κ3) is 3.07. The zero-order valence-corrected chi connectivity index (χ0v) is 9.05.